The minimum atomic E-state index is -3.85. The number of hydrogen-bond acceptors (Lipinski definition) is 7. The van der Waals surface area contributed by atoms with Crippen LogP contribution in [0.15, 0.2) is 27.6 Å². The van der Waals surface area contributed by atoms with Crippen molar-refractivity contribution in [2.75, 3.05) is 18.5 Å². The zero-order valence-electron chi connectivity index (χ0n) is 16.2. The van der Waals surface area contributed by atoms with E-state index in [1.54, 1.807) is 6.07 Å². The van der Waals surface area contributed by atoms with Gasteiger partial charge in [0.05, 0.1) is 6.42 Å². The summed E-state index contributed by atoms with van der Waals surface area (Å²) in [5.41, 5.74) is 2.83. The average molecular weight is 409 g/mol. The van der Waals surface area contributed by atoms with Crippen molar-refractivity contribution in [2.24, 2.45) is 0 Å². The highest BCUT2D eigenvalue weighted by molar-refractivity contribution is 7.89. The lowest BCUT2D eigenvalue weighted by Crippen LogP contribution is -2.28. The molecule has 0 radical (unpaired) electrons. The minimum Gasteiger partial charge on any atom is -0.456 e. The topological polar surface area (TPSA) is 128 Å². The fourth-order valence-electron chi connectivity index (χ4n) is 2.51. The number of carbonyl (C=O) groups excluding carboxylic acids is 2. The van der Waals surface area contributed by atoms with E-state index in [1.807, 2.05) is 26.0 Å². The Labute approximate surface area is 163 Å². The second-order valence-corrected chi connectivity index (χ2v) is 7.96. The van der Waals surface area contributed by atoms with Gasteiger partial charge in [0.25, 0.3) is 5.91 Å². The van der Waals surface area contributed by atoms with Gasteiger partial charge in [0.1, 0.15) is 10.6 Å². The molecule has 0 aliphatic rings. The van der Waals surface area contributed by atoms with Gasteiger partial charge in [-0.1, -0.05) is 17.3 Å². The maximum atomic E-state index is 12.2. The van der Waals surface area contributed by atoms with E-state index >= 15 is 0 Å². The number of esters is 1. The average Bonchev–Trinajstić information content (AvgIpc) is 2.96. The highest BCUT2D eigenvalue weighted by atomic mass is 32.2. The Bertz CT molecular complexity index is 962. The van der Waals surface area contributed by atoms with E-state index in [0.29, 0.717) is 5.69 Å². The molecule has 1 heterocycles. The summed E-state index contributed by atoms with van der Waals surface area (Å²) in [6.07, 6.45) is -0.223. The molecular weight excluding hydrogens is 386 g/mol. The monoisotopic (exact) mass is 409 g/mol. The third-order valence-corrected chi connectivity index (χ3v) is 5.81. The highest BCUT2D eigenvalue weighted by Gasteiger charge is 2.24. The number of benzene rings is 1. The van der Waals surface area contributed by atoms with Crippen LogP contribution in [-0.2, 0) is 24.3 Å². The van der Waals surface area contributed by atoms with E-state index in [4.69, 9.17) is 9.26 Å². The van der Waals surface area contributed by atoms with Crippen LogP contribution in [-0.4, -0.2) is 38.6 Å². The molecule has 1 aromatic carbocycles. The van der Waals surface area contributed by atoms with Crippen LogP contribution in [0.25, 0.3) is 0 Å². The van der Waals surface area contributed by atoms with Crippen LogP contribution < -0.4 is 10.0 Å². The molecule has 0 saturated heterocycles. The first kappa shape index (κ1) is 21.6. The van der Waals surface area contributed by atoms with E-state index in [2.05, 4.69) is 15.2 Å². The summed E-state index contributed by atoms with van der Waals surface area (Å²) in [7, 11) is -3.85. The summed E-state index contributed by atoms with van der Waals surface area (Å²) in [5, 5.41) is 6.26. The SMILES string of the molecule is Cc1cccc(NC(=O)COC(=O)CCNS(=O)(=O)c2c(C)noc2C)c1C. The zero-order chi connectivity index (χ0) is 20.9. The van der Waals surface area contributed by atoms with Crippen molar-refractivity contribution < 1.29 is 27.3 Å². The van der Waals surface area contributed by atoms with Crippen LogP contribution >= 0.6 is 0 Å². The molecule has 0 fully saturated rings. The molecule has 0 saturated carbocycles. The second-order valence-electron chi connectivity index (χ2n) is 6.26. The predicted molar refractivity (Wildman–Crippen MR) is 101 cm³/mol. The van der Waals surface area contributed by atoms with Gasteiger partial charge in [-0.25, -0.2) is 13.1 Å². The van der Waals surface area contributed by atoms with Gasteiger partial charge in [-0.15, -0.1) is 0 Å². The highest BCUT2D eigenvalue weighted by Crippen LogP contribution is 2.19. The standard InChI is InChI=1S/C18H23N3O6S/c1-11-6-5-7-15(12(11)2)20-16(22)10-26-17(23)8-9-19-28(24,25)18-13(3)21-27-14(18)4/h5-7,19H,8-10H2,1-4H3,(H,20,22). The van der Waals surface area contributed by atoms with Gasteiger partial charge in [-0.2, -0.15) is 0 Å². The van der Waals surface area contributed by atoms with E-state index in [1.165, 1.54) is 13.8 Å². The molecular formula is C18H23N3O6S. The molecule has 2 N–H and O–H groups in total. The van der Waals surface area contributed by atoms with Crippen LogP contribution in [0.1, 0.15) is 29.0 Å². The van der Waals surface area contributed by atoms with Crippen molar-refractivity contribution in [1.29, 1.82) is 0 Å². The number of aryl methyl sites for hydroxylation is 3. The number of amides is 1. The molecule has 9 nitrogen and oxygen atoms in total. The maximum absolute atomic E-state index is 12.2. The third kappa shape index (κ3) is 5.40. The molecule has 0 spiro atoms. The Morgan fingerprint density at radius 3 is 2.54 bits per heavy atom. The maximum Gasteiger partial charge on any atom is 0.307 e. The lowest BCUT2D eigenvalue weighted by atomic mass is 10.1. The fourth-order valence-corrected chi connectivity index (χ4v) is 3.87. The molecule has 0 atom stereocenters. The molecule has 152 valence electrons. The van der Waals surface area contributed by atoms with Crippen LogP contribution in [0.2, 0.25) is 0 Å². The summed E-state index contributed by atoms with van der Waals surface area (Å²) in [6.45, 7) is 6.16. The molecule has 0 unspecified atom stereocenters. The van der Waals surface area contributed by atoms with E-state index in [9.17, 15) is 18.0 Å². The van der Waals surface area contributed by atoms with Gasteiger partial charge < -0.3 is 14.6 Å². The molecule has 0 bridgehead atoms. The molecule has 2 aromatic rings. The smallest absolute Gasteiger partial charge is 0.307 e. The summed E-state index contributed by atoms with van der Waals surface area (Å²) in [4.78, 5) is 23.6. The second kappa shape index (κ2) is 8.98. The summed E-state index contributed by atoms with van der Waals surface area (Å²) in [5.74, 6) is -1.01. The van der Waals surface area contributed by atoms with E-state index < -0.39 is 28.5 Å². The predicted octanol–water partition coefficient (Wildman–Crippen LogP) is 1.76. The van der Waals surface area contributed by atoms with Gasteiger partial charge in [0, 0.05) is 12.2 Å². The number of carbonyl (C=O) groups is 2. The van der Waals surface area contributed by atoms with Gasteiger partial charge >= 0.3 is 5.97 Å². The number of ether oxygens (including phenoxy) is 1. The molecule has 28 heavy (non-hydrogen) atoms. The largest absolute Gasteiger partial charge is 0.456 e. The van der Waals surface area contributed by atoms with Crippen molar-refractivity contribution in [3.05, 3.63) is 40.8 Å². The number of nitrogens with zero attached hydrogens (tertiary/aromatic N) is 1. The number of rotatable bonds is 8. The molecule has 2 rings (SSSR count). The van der Waals surface area contributed by atoms with Gasteiger partial charge in [-0.05, 0) is 44.9 Å². The Morgan fingerprint density at radius 1 is 1.18 bits per heavy atom. The van der Waals surface area contributed by atoms with Gasteiger partial charge in [0.15, 0.2) is 12.4 Å². The van der Waals surface area contributed by atoms with Crippen LogP contribution in [0.4, 0.5) is 5.69 Å². The molecule has 10 heteroatoms. The van der Waals surface area contributed by atoms with Crippen molar-refractivity contribution in [1.82, 2.24) is 9.88 Å². The molecule has 1 aromatic heterocycles. The number of hydrogen-bond donors (Lipinski definition) is 2. The fraction of sp³-hybridized carbons (Fsp3) is 0.389. The van der Waals surface area contributed by atoms with Crippen LogP contribution in [0.3, 0.4) is 0 Å². The lowest BCUT2D eigenvalue weighted by molar-refractivity contribution is -0.147. The van der Waals surface area contributed by atoms with Crippen molar-refractivity contribution in [2.45, 2.75) is 39.0 Å². The lowest BCUT2D eigenvalue weighted by Gasteiger charge is -2.11. The van der Waals surface area contributed by atoms with Crippen LogP contribution in [0.5, 0.6) is 0 Å². The summed E-state index contributed by atoms with van der Waals surface area (Å²) >= 11 is 0. The number of sulfonamides is 1. The molecule has 0 aliphatic heterocycles. The first-order valence-corrected chi connectivity index (χ1v) is 10.0. The third-order valence-electron chi connectivity index (χ3n) is 4.10. The van der Waals surface area contributed by atoms with E-state index in [0.717, 1.165) is 11.1 Å². The summed E-state index contributed by atoms with van der Waals surface area (Å²) < 4.78 is 36.4. The normalized spacial score (nSPS) is 11.3. The first-order chi connectivity index (χ1) is 13.1. The van der Waals surface area contributed by atoms with Gasteiger partial charge in [-0.3, -0.25) is 9.59 Å². The number of aromatic nitrogens is 1. The Morgan fingerprint density at radius 2 is 1.89 bits per heavy atom. The Hall–Kier alpha value is -2.72. The molecule has 1 amide bonds. The van der Waals surface area contributed by atoms with Crippen molar-refractivity contribution in [3.8, 4) is 0 Å². The number of nitrogens with one attached hydrogen (secondary N) is 2. The van der Waals surface area contributed by atoms with E-state index in [-0.39, 0.29) is 29.3 Å². The Kier molecular flexibility index (Phi) is 6.92. The Balaban J connectivity index is 1.78. The zero-order valence-corrected chi connectivity index (χ0v) is 17.0. The van der Waals surface area contributed by atoms with Gasteiger partial charge in [0.2, 0.25) is 10.0 Å². The van der Waals surface area contributed by atoms with Crippen molar-refractivity contribution in [3.63, 3.8) is 0 Å². The number of anilines is 1. The van der Waals surface area contributed by atoms with Crippen LogP contribution in [0, 0.1) is 27.7 Å². The first-order valence-electron chi connectivity index (χ1n) is 8.56. The minimum absolute atomic E-state index is 0.0474. The summed E-state index contributed by atoms with van der Waals surface area (Å²) in [6, 6.07) is 5.50. The molecule has 0 aliphatic carbocycles. The quantitative estimate of drug-likeness (QED) is 0.636. The van der Waals surface area contributed by atoms with Crippen molar-refractivity contribution >= 4 is 27.6 Å².